The third kappa shape index (κ3) is 3.50. The molecule has 0 saturated carbocycles. The second-order valence-corrected chi connectivity index (χ2v) is 7.01. The number of nitrogens with zero attached hydrogens (tertiary/aromatic N) is 2. The molecule has 0 fully saturated rings. The second-order valence-electron chi connectivity index (χ2n) is 6.09. The van der Waals surface area contributed by atoms with Crippen LogP contribution in [0.15, 0.2) is 53.0 Å². The lowest BCUT2D eigenvalue weighted by molar-refractivity contribution is 0.159. The number of aromatic nitrogens is 1. The third-order valence-corrected chi connectivity index (χ3v) is 4.87. The van der Waals surface area contributed by atoms with Crippen molar-refractivity contribution in [3.63, 3.8) is 0 Å². The Labute approximate surface area is 152 Å². The van der Waals surface area contributed by atoms with Gasteiger partial charge in [0, 0.05) is 16.4 Å². The number of hydrogen-bond donors (Lipinski definition) is 0. The maximum atomic E-state index is 6.16. The Kier molecular flexibility index (Phi) is 5.27. The smallest absolute Gasteiger partial charge is 0.149 e. The molecule has 0 spiro atoms. The van der Waals surface area contributed by atoms with Gasteiger partial charge in [-0.15, -0.1) is 0 Å². The number of fused-ring (bicyclic) bond motifs is 1. The van der Waals surface area contributed by atoms with Gasteiger partial charge in [-0.25, -0.2) is 0 Å². The summed E-state index contributed by atoms with van der Waals surface area (Å²) in [6.07, 6.45) is 0. The van der Waals surface area contributed by atoms with Crippen molar-refractivity contribution in [2.24, 2.45) is 0 Å². The minimum absolute atomic E-state index is 0.592. The average molecular weight is 387 g/mol. The molecule has 0 bridgehead atoms. The van der Waals surface area contributed by atoms with E-state index in [-0.39, 0.29) is 0 Å². The van der Waals surface area contributed by atoms with Crippen molar-refractivity contribution >= 4 is 26.8 Å². The molecule has 0 radical (unpaired) electrons. The minimum Gasteiger partial charge on any atom is -0.476 e. The SMILES string of the molecule is CCN(C)COc1c(C)n(Cc2ccccc2)c2ccc(Br)cc12. The lowest BCUT2D eigenvalue weighted by atomic mass is 10.2. The van der Waals surface area contributed by atoms with Gasteiger partial charge in [0.1, 0.15) is 12.5 Å². The lowest BCUT2D eigenvalue weighted by Crippen LogP contribution is -2.23. The zero-order valence-electron chi connectivity index (χ0n) is 14.4. The van der Waals surface area contributed by atoms with E-state index in [1.165, 1.54) is 11.1 Å². The van der Waals surface area contributed by atoms with Crippen LogP contribution in [0.3, 0.4) is 0 Å². The molecule has 3 nitrogen and oxygen atoms in total. The van der Waals surface area contributed by atoms with Crippen LogP contribution in [0.2, 0.25) is 0 Å². The highest BCUT2D eigenvalue weighted by Crippen LogP contribution is 2.35. The Bertz CT molecular complexity index is 827. The van der Waals surface area contributed by atoms with E-state index >= 15 is 0 Å². The van der Waals surface area contributed by atoms with E-state index < -0.39 is 0 Å². The van der Waals surface area contributed by atoms with E-state index in [0.29, 0.717) is 6.73 Å². The minimum atomic E-state index is 0.592. The van der Waals surface area contributed by atoms with Gasteiger partial charge in [-0.1, -0.05) is 53.2 Å². The molecule has 0 unspecified atom stereocenters. The highest BCUT2D eigenvalue weighted by molar-refractivity contribution is 9.10. The summed E-state index contributed by atoms with van der Waals surface area (Å²) in [7, 11) is 2.06. The fourth-order valence-electron chi connectivity index (χ4n) is 2.84. The molecule has 126 valence electrons. The normalized spacial score (nSPS) is 11.4. The number of benzene rings is 2. The summed E-state index contributed by atoms with van der Waals surface area (Å²) in [4.78, 5) is 2.15. The monoisotopic (exact) mass is 386 g/mol. The van der Waals surface area contributed by atoms with Gasteiger partial charge in [-0.2, -0.15) is 0 Å². The largest absolute Gasteiger partial charge is 0.476 e. The van der Waals surface area contributed by atoms with E-state index in [2.05, 4.69) is 94.8 Å². The predicted octanol–water partition coefficient (Wildman–Crippen LogP) is 5.05. The van der Waals surface area contributed by atoms with Crippen LogP contribution in [0.25, 0.3) is 10.9 Å². The van der Waals surface area contributed by atoms with Gasteiger partial charge in [0.05, 0.1) is 11.2 Å². The first kappa shape index (κ1) is 17.1. The summed E-state index contributed by atoms with van der Waals surface area (Å²) < 4.78 is 9.56. The van der Waals surface area contributed by atoms with Crippen molar-refractivity contribution in [2.75, 3.05) is 20.3 Å². The van der Waals surface area contributed by atoms with Crippen LogP contribution >= 0.6 is 15.9 Å². The van der Waals surface area contributed by atoms with E-state index in [0.717, 1.165) is 34.4 Å². The fourth-order valence-corrected chi connectivity index (χ4v) is 3.20. The van der Waals surface area contributed by atoms with E-state index in [9.17, 15) is 0 Å². The Morgan fingerprint density at radius 3 is 2.58 bits per heavy atom. The molecule has 0 aliphatic heterocycles. The summed E-state index contributed by atoms with van der Waals surface area (Å²) in [5.74, 6) is 0.975. The standard InChI is InChI=1S/C20H23BrN2O/c1-4-22(3)14-24-20-15(2)23(13-16-8-6-5-7-9-16)19-11-10-17(21)12-18(19)20/h5-12H,4,13-14H2,1-3H3. The molecular formula is C20H23BrN2O. The van der Waals surface area contributed by atoms with E-state index in [1.54, 1.807) is 0 Å². The third-order valence-electron chi connectivity index (χ3n) is 4.38. The van der Waals surface area contributed by atoms with Crippen LogP contribution in [0, 0.1) is 6.92 Å². The maximum Gasteiger partial charge on any atom is 0.149 e. The van der Waals surface area contributed by atoms with Crippen LogP contribution in [0.5, 0.6) is 5.75 Å². The predicted molar refractivity (Wildman–Crippen MR) is 104 cm³/mol. The maximum absolute atomic E-state index is 6.16. The molecule has 0 atom stereocenters. The molecular weight excluding hydrogens is 364 g/mol. The number of rotatable bonds is 6. The zero-order chi connectivity index (χ0) is 17.1. The van der Waals surface area contributed by atoms with Crippen LogP contribution in [0.1, 0.15) is 18.2 Å². The van der Waals surface area contributed by atoms with Crippen LogP contribution in [-0.2, 0) is 6.54 Å². The molecule has 24 heavy (non-hydrogen) atoms. The topological polar surface area (TPSA) is 17.4 Å². The Balaban J connectivity index is 2.03. The van der Waals surface area contributed by atoms with Gasteiger partial charge < -0.3 is 9.30 Å². The quantitative estimate of drug-likeness (QED) is 0.551. The zero-order valence-corrected chi connectivity index (χ0v) is 16.0. The molecule has 3 aromatic rings. The van der Waals surface area contributed by atoms with Crippen LogP contribution in [-0.4, -0.2) is 29.8 Å². The molecule has 0 aliphatic carbocycles. The van der Waals surface area contributed by atoms with Crippen LogP contribution in [0.4, 0.5) is 0 Å². The van der Waals surface area contributed by atoms with Gasteiger partial charge in [-0.05, 0) is 44.3 Å². The lowest BCUT2D eigenvalue weighted by Gasteiger charge is -2.15. The molecule has 2 aromatic carbocycles. The first-order valence-corrected chi connectivity index (χ1v) is 9.03. The van der Waals surface area contributed by atoms with Gasteiger partial charge >= 0.3 is 0 Å². The van der Waals surface area contributed by atoms with Crippen molar-refractivity contribution in [3.8, 4) is 5.75 Å². The van der Waals surface area contributed by atoms with Crippen molar-refractivity contribution in [1.82, 2.24) is 9.47 Å². The van der Waals surface area contributed by atoms with Gasteiger partial charge in [-0.3, -0.25) is 4.90 Å². The molecule has 3 rings (SSSR count). The molecule has 1 aromatic heterocycles. The molecule has 0 amide bonds. The molecule has 0 saturated heterocycles. The highest BCUT2D eigenvalue weighted by Gasteiger charge is 2.16. The Hall–Kier alpha value is -1.78. The summed E-state index contributed by atoms with van der Waals surface area (Å²) in [5.41, 5.74) is 3.66. The molecule has 4 heteroatoms. The molecule has 0 aliphatic rings. The average Bonchev–Trinajstić information content (AvgIpc) is 2.85. The van der Waals surface area contributed by atoms with Crippen molar-refractivity contribution in [3.05, 3.63) is 64.3 Å². The number of ether oxygens (including phenoxy) is 1. The fraction of sp³-hybridized carbons (Fsp3) is 0.300. The van der Waals surface area contributed by atoms with E-state index in [4.69, 9.17) is 4.74 Å². The molecule has 0 N–H and O–H groups in total. The van der Waals surface area contributed by atoms with Crippen molar-refractivity contribution in [2.45, 2.75) is 20.4 Å². The highest BCUT2D eigenvalue weighted by atomic mass is 79.9. The Morgan fingerprint density at radius 2 is 1.88 bits per heavy atom. The number of halogens is 1. The Morgan fingerprint density at radius 1 is 1.12 bits per heavy atom. The first-order valence-electron chi connectivity index (χ1n) is 8.23. The number of hydrogen-bond acceptors (Lipinski definition) is 2. The van der Waals surface area contributed by atoms with Crippen molar-refractivity contribution < 1.29 is 4.74 Å². The van der Waals surface area contributed by atoms with Crippen LogP contribution < -0.4 is 4.74 Å². The van der Waals surface area contributed by atoms with E-state index in [1.807, 2.05) is 0 Å². The first-order chi connectivity index (χ1) is 11.6. The summed E-state index contributed by atoms with van der Waals surface area (Å²) >= 11 is 3.59. The van der Waals surface area contributed by atoms with Crippen molar-refractivity contribution in [1.29, 1.82) is 0 Å². The van der Waals surface area contributed by atoms with Gasteiger partial charge in [0.15, 0.2) is 0 Å². The summed E-state index contributed by atoms with van der Waals surface area (Å²) in [5, 5.41) is 1.15. The summed E-state index contributed by atoms with van der Waals surface area (Å²) in [6, 6.07) is 16.9. The second kappa shape index (κ2) is 7.41. The van der Waals surface area contributed by atoms with Gasteiger partial charge in [0.2, 0.25) is 0 Å². The van der Waals surface area contributed by atoms with Gasteiger partial charge in [0.25, 0.3) is 0 Å². The molecule has 1 heterocycles. The summed E-state index contributed by atoms with van der Waals surface area (Å²) in [6.45, 7) is 6.67.